The highest BCUT2D eigenvalue weighted by atomic mass is 15.2. The largest absolute Gasteiger partial charge is 0.312 e. The summed E-state index contributed by atoms with van der Waals surface area (Å²) in [6, 6.07) is 1.40. The van der Waals surface area contributed by atoms with Crippen LogP contribution in [0.1, 0.15) is 59.8 Å². The molecule has 1 N–H and O–H groups in total. The van der Waals surface area contributed by atoms with Crippen LogP contribution in [-0.4, -0.2) is 36.6 Å². The van der Waals surface area contributed by atoms with Crippen LogP contribution in [0.4, 0.5) is 0 Å². The van der Waals surface area contributed by atoms with Crippen molar-refractivity contribution in [3.05, 3.63) is 0 Å². The van der Waals surface area contributed by atoms with Crippen LogP contribution >= 0.6 is 0 Å². The van der Waals surface area contributed by atoms with Gasteiger partial charge in [-0.1, -0.05) is 20.8 Å². The maximum Gasteiger partial charge on any atom is 0.0192 e. The summed E-state index contributed by atoms with van der Waals surface area (Å²) in [5.41, 5.74) is 0. The summed E-state index contributed by atoms with van der Waals surface area (Å²) in [5.74, 6) is 1.01. The van der Waals surface area contributed by atoms with E-state index in [0.717, 1.165) is 12.5 Å². The fourth-order valence-electron chi connectivity index (χ4n) is 2.45. The van der Waals surface area contributed by atoms with Crippen molar-refractivity contribution in [2.75, 3.05) is 19.6 Å². The normalized spacial score (nSPS) is 18.0. The lowest BCUT2D eigenvalue weighted by molar-refractivity contribution is 0.191. The molecule has 0 amide bonds. The van der Waals surface area contributed by atoms with E-state index in [1.807, 2.05) is 0 Å². The van der Waals surface area contributed by atoms with E-state index in [9.17, 15) is 0 Å². The molecule has 1 atom stereocenters. The Bertz CT molecular complexity index is 185. The summed E-state index contributed by atoms with van der Waals surface area (Å²) in [6.45, 7) is 13.0. The molecular weight excluding hydrogens is 208 g/mol. The summed E-state index contributed by atoms with van der Waals surface area (Å²) < 4.78 is 0. The number of hydrogen-bond acceptors (Lipinski definition) is 2. The molecule has 0 aliphatic heterocycles. The highest BCUT2D eigenvalue weighted by Crippen LogP contribution is 2.30. The highest BCUT2D eigenvalue weighted by Gasteiger charge is 2.26. The number of hydrogen-bond donors (Lipinski definition) is 1. The molecule has 1 aliphatic carbocycles. The van der Waals surface area contributed by atoms with Crippen LogP contribution < -0.4 is 5.32 Å². The monoisotopic (exact) mass is 240 g/mol. The van der Waals surface area contributed by atoms with Gasteiger partial charge >= 0.3 is 0 Å². The third kappa shape index (κ3) is 5.87. The first-order chi connectivity index (χ1) is 8.21. The zero-order chi connectivity index (χ0) is 12.7. The lowest BCUT2D eigenvalue weighted by Crippen LogP contribution is -2.44. The zero-order valence-corrected chi connectivity index (χ0v) is 12.3. The summed E-state index contributed by atoms with van der Waals surface area (Å²) in [5, 5.41) is 3.71. The van der Waals surface area contributed by atoms with Gasteiger partial charge in [0, 0.05) is 25.2 Å². The molecule has 1 fully saturated rings. The first kappa shape index (κ1) is 15.0. The molecule has 0 aromatic rings. The quantitative estimate of drug-likeness (QED) is 0.630. The highest BCUT2D eigenvalue weighted by molar-refractivity contribution is 4.81. The van der Waals surface area contributed by atoms with Crippen LogP contribution in [0, 0.1) is 5.92 Å². The second kappa shape index (κ2) is 8.10. The summed E-state index contributed by atoms with van der Waals surface area (Å²) >= 11 is 0. The molecule has 0 heterocycles. The first-order valence-corrected chi connectivity index (χ1v) is 7.68. The van der Waals surface area contributed by atoms with Crippen molar-refractivity contribution in [3.63, 3.8) is 0 Å². The van der Waals surface area contributed by atoms with Gasteiger partial charge in [0.05, 0.1) is 0 Å². The molecule has 0 aromatic carbocycles. The third-order valence-electron chi connectivity index (χ3n) is 4.01. The van der Waals surface area contributed by atoms with E-state index in [0.29, 0.717) is 12.1 Å². The lowest BCUT2D eigenvalue weighted by atomic mass is 10.1. The minimum Gasteiger partial charge on any atom is -0.312 e. The average Bonchev–Trinajstić information content (AvgIpc) is 3.13. The van der Waals surface area contributed by atoms with Gasteiger partial charge in [-0.15, -0.1) is 0 Å². The van der Waals surface area contributed by atoms with Crippen LogP contribution in [0.5, 0.6) is 0 Å². The van der Waals surface area contributed by atoms with Crippen LogP contribution in [-0.2, 0) is 0 Å². The second-order valence-corrected chi connectivity index (χ2v) is 5.71. The van der Waals surface area contributed by atoms with E-state index < -0.39 is 0 Å². The summed E-state index contributed by atoms with van der Waals surface area (Å²) in [4.78, 5) is 2.69. The van der Waals surface area contributed by atoms with Crippen molar-refractivity contribution < 1.29 is 0 Å². The average molecular weight is 240 g/mol. The molecule has 0 spiro atoms. The van der Waals surface area contributed by atoms with Crippen LogP contribution in [0.15, 0.2) is 0 Å². The van der Waals surface area contributed by atoms with Gasteiger partial charge in [0.2, 0.25) is 0 Å². The Balaban J connectivity index is 2.27. The van der Waals surface area contributed by atoms with E-state index in [2.05, 4.69) is 37.9 Å². The molecule has 102 valence electrons. The lowest BCUT2D eigenvalue weighted by Gasteiger charge is -2.30. The Kier molecular flexibility index (Phi) is 7.14. The van der Waals surface area contributed by atoms with Crippen molar-refractivity contribution in [1.29, 1.82) is 0 Å². The van der Waals surface area contributed by atoms with Gasteiger partial charge in [0.1, 0.15) is 0 Å². The molecule has 0 aromatic heterocycles. The molecule has 1 unspecified atom stereocenters. The number of rotatable bonds is 10. The molecule has 1 aliphatic rings. The Morgan fingerprint density at radius 2 is 1.82 bits per heavy atom. The molecule has 0 radical (unpaired) electrons. The van der Waals surface area contributed by atoms with Gasteiger partial charge < -0.3 is 5.32 Å². The summed E-state index contributed by atoms with van der Waals surface area (Å²) in [7, 11) is 0. The molecule has 0 saturated heterocycles. The van der Waals surface area contributed by atoms with Crippen molar-refractivity contribution in [3.8, 4) is 0 Å². The predicted molar refractivity (Wildman–Crippen MR) is 76.4 cm³/mol. The van der Waals surface area contributed by atoms with Crippen molar-refractivity contribution in [2.45, 2.75) is 71.9 Å². The van der Waals surface area contributed by atoms with Crippen LogP contribution in [0.25, 0.3) is 0 Å². The minimum atomic E-state index is 0.691. The standard InChI is InChI=1S/C15H32N2/c1-5-10-17(12-14-8-9-14)13(4)11-16-15(6-2)7-3/h13-16H,5-12H2,1-4H3. The SMILES string of the molecule is CCCN(CC1CC1)C(C)CNC(CC)CC. The predicted octanol–water partition coefficient (Wildman–Crippen LogP) is 3.28. The van der Waals surface area contributed by atoms with Crippen molar-refractivity contribution in [1.82, 2.24) is 10.2 Å². The van der Waals surface area contributed by atoms with Crippen molar-refractivity contribution in [2.24, 2.45) is 5.92 Å². The van der Waals surface area contributed by atoms with Gasteiger partial charge in [-0.2, -0.15) is 0 Å². The van der Waals surface area contributed by atoms with E-state index in [4.69, 9.17) is 0 Å². The van der Waals surface area contributed by atoms with E-state index in [-0.39, 0.29) is 0 Å². The summed E-state index contributed by atoms with van der Waals surface area (Å²) in [6.07, 6.45) is 6.71. The molecule has 2 heteroatoms. The fourth-order valence-corrected chi connectivity index (χ4v) is 2.45. The Labute approximate surface area is 108 Å². The fraction of sp³-hybridized carbons (Fsp3) is 1.00. The van der Waals surface area contributed by atoms with E-state index >= 15 is 0 Å². The Morgan fingerprint density at radius 3 is 2.29 bits per heavy atom. The van der Waals surface area contributed by atoms with Gasteiger partial charge in [0.15, 0.2) is 0 Å². The van der Waals surface area contributed by atoms with E-state index in [1.54, 1.807) is 0 Å². The topological polar surface area (TPSA) is 15.3 Å². The van der Waals surface area contributed by atoms with E-state index in [1.165, 1.54) is 45.2 Å². The van der Waals surface area contributed by atoms with Gasteiger partial charge in [-0.05, 0) is 51.5 Å². The van der Waals surface area contributed by atoms with Gasteiger partial charge in [0.25, 0.3) is 0 Å². The van der Waals surface area contributed by atoms with Gasteiger partial charge in [-0.3, -0.25) is 4.90 Å². The molecular formula is C15H32N2. The number of nitrogens with zero attached hydrogens (tertiary/aromatic N) is 1. The molecule has 17 heavy (non-hydrogen) atoms. The maximum atomic E-state index is 3.71. The number of nitrogens with one attached hydrogen (secondary N) is 1. The van der Waals surface area contributed by atoms with Gasteiger partial charge in [-0.25, -0.2) is 0 Å². The smallest absolute Gasteiger partial charge is 0.0192 e. The molecule has 1 saturated carbocycles. The first-order valence-electron chi connectivity index (χ1n) is 7.68. The van der Waals surface area contributed by atoms with Crippen LogP contribution in [0.3, 0.4) is 0 Å². The zero-order valence-electron chi connectivity index (χ0n) is 12.3. The Morgan fingerprint density at radius 1 is 1.18 bits per heavy atom. The van der Waals surface area contributed by atoms with Crippen molar-refractivity contribution >= 4 is 0 Å². The maximum absolute atomic E-state index is 3.71. The van der Waals surface area contributed by atoms with Crippen LogP contribution in [0.2, 0.25) is 0 Å². The molecule has 2 nitrogen and oxygen atoms in total. The second-order valence-electron chi connectivity index (χ2n) is 5.71. The minimum absolute atomic E-state index is 0.691. The molecule has 0 bridgehead atoms. The molecule has 1 rings (SSSR count). The Hall–Kier alpha value is -0.0800. The third-order valence-corrected chi connectivity index (χ3v) is 4.01.